The van der Waals surface area contributed by atoms with Gasteiger partial charge in [-0.05, 0) is 25.0 Å². The molecule has 2 N–H and O–H groups in total. The Morgan fingerprint density at radius 1 is 1.36 bits per heavy atom. The Hall–Kier alpha value is -1.51. The zero-order valence-electron chi connectivity index (χ0n) is 7.81. The topological polar surface area (TPSA) is 49.3 Å². The largest absolute Gasteiger partial charge is 0.481 e. The second-order valence-corrected chi connectivity index (χ2v) is 3.71. The van der Waals surface area contributed by atoms with E-state index in [0.717, 1.165) is 18.5 Å². The highest BCUT2D eigenvalue weighted by Gasteiger charge is 2.36. The van der Waals surface area contributed by atoms with E-state index in [1.807, 2.05) is 30.5 Å². The summed E-state index contributed by atoms with van der Waals surface area (Å²) in [6.07, 6.45) is 11.3. The summed E-state index contributed by atoms with van der Waals surface area (Å²) >= 11 is 0. The van der Waals surface area contributed by atoms with Crippen LogP contribution in [0.1, 0.15) is 12.8 Å². The minimum absolute atomic E-state index is 0.140. The van der Waals surface area contributed by atoms with Crippen LogP contribution in [-0.4, -0.2) is 11.1 Å². The Balaban J connectivity index is 1.93. The number of aliphatic carboxylic acids is 1. The number of hydrogen-bond donors (Lipinski definition) is 2. The normalized spacial score (nSPS) is 29.9. The molecule has 2 rings (SSSR count). The molecule has 14 heavy (non-hydrogen) atoms. The fourth-order valence-corrected chi connectivity index (χ4v) is 1.80. The quantitative estimate of drug-likeness (QED) is 0.697. The first-order valence-corrected chi connectivity index (χ1v) is 4.80. The van der Waals surface area contributed by atoms with E-state index in [1.54, 1.807) is 0 Å². The molecule has 3 heteroatoms. The molecule has 1 heterocycles. The second-order valence-electron chi connectivity index (χ2n) is 3.71. The smallest absolute Gasteiger partial charge is 0.306 e. The molecule has 0 aromatic carbocycles. The summed E-state index contributed by atoms with van der Waals surface area (Å²) < 4.78 is 0. The van der Waals surface area contributed by atoms with Gasteiger partial charge in [0.05, 0.1) is 5.92 Å². The van der Waals surface area contributed by atoms with Crippen LogP contribution in [0.5, 0.6) is 0 Å². The van der Waals surface area contributed by atoms with Crippen molar-refractivity contribution in [3.63, 3.8) is 0 Å². The minimum atomic E-state index is -0.665. The summed E-state index contributed by atoms with van der Waals surface area (Å²) in [4.78, 5) is 10.6. The first-order chi connectivity index (χ1) is 6.77. The second kappa shape index (κ2) is 3.70. The first-order valence-electron chi connectivity index (χ1n) is 4.80. The third-order valence-electron chi connectivity index (χ3n) is 2.77. The molecule has 0 atom stereocenters. The molecule has 3 nitrogen and oxygen atoms in total. The zero-order valence-corrected chi connectivity index (χ0v) is 7.81. The number of rotatable bonds is 2. The predicted octanol–water partition coefficient (Wildman–Crippen LogP) is 1.65. The Bertz CT molecular complexity index is 322. The van der Waals surface area contributed by atoms with Crippen molar-refractivity contribution in [3.05, 3.63) is 36.2 Å². The molecule has 0 aromatic heterocycles. The van der Waals surface area contributed by atoms with Gasteiger partial charge >= 0.3 is 5.97 Å². The van der Waals surface area contributed by atoms with Crippen molar-refractivity contribution in [1.82, 2.24) is 5.32 Å². The van der Waals surface area contributed by atoms with E-state index in [2.05, 4.69) is 5.32 Å². The van der Waals surface area contributed by atoms with Crippen molar-refractivity contribution in [2.24, 2.45) is 11.8 Å². The minimum Gasteiger partial charge on any atom is -0.481 e. The van der Waals surface area contributed by atoms with Crippen LogP contribution in [0.3, 0.4) is 0 Å². The maximum Gasteiger partial charge on any atom is 0.306 e. The van der Waals surface area contributed by atoms with E-state index in [4.69, 9.17) is 5.11 Å². The van der Waals surface area contributed by atoms with Gasteiger partial charge in [-0.15, -0.1) is 0 Å². The maximum atomic E-state index is 10.6. The lowest BCUT2D eigenvalue weighted by molar-refractivity contribution is -0.145. The van der Waals surface area contributed by atoms with Crippen LogP contribution >= 0.6 is 0 Å². The van der Waals surface area contributed by atoms with Gasteiger partial charge < -0.3 is 10.4 Å². The van der Waals surface area contributed by atoms with Crippen LogP contribution in [0.25, 0.3) is 0 Å². The summed E-state index contributed by atoms with van der Waals surface area (Å²) in [5.41, 5.74) is 1.13. The Morgan fingerprint density at radius 3 is 2.86 bits per heavy atom. The number of carbonyl (C=O) groups is 1. The fraction of sp³-hybridized carbons (Fsp3) is 0.364. The average molecular weight is 191 g/mol. The van der Waals surface area contributed by atoms with Crippen LogP contribution in [-0.2, 0) is 4.79 Å². The van der Waals surface area contributed by atoms with Gasteiger partial charge in [0.1, 0.15) is 0 Å². The van der Waals surface area contributed by atoms with Crippen molar-refractivity contribution < 1.29 is 9.90 Å². The molecule has 0 bridgehead atoms. The SMILES string of the molecule is O=C(O)C1CC(C2=CC=CC=CN2)C1. The number of allylic oxidation sites excluding steroid dienone is 5. The summed E-state index contributed by atoms with van der Waals surface area (Å²) in [6.45, 7) is 0. The van der Waals surface area contributed by atoms with Gasteiger partial charge in [-0.25, -0.2) is 0 Å². The van der Waals surface area contributed by atoms with Gasteiger partial charge in [-0.3, -0.25) is 4.79 Å². The highest BCUT2D eigenvalue weighted by atomic mass is 16.4. The van der Waals surface area contributed by atoms with Crippen molar-refractivity contribution in [2.45, 2.75) is 12.8 Å². The summed E-state index contributed by atoms with van der Waals surface area (Å²) in [5, 5.41) is 11.9. The third-order valence-corrected chi connectivity index (χ3v) is 2.77. The van der Waals surface area contributed by atoms with E-state index in [9.17, 15) is 4.79 Å². The third kappa shape index (κ3) is 1.71. The van der Waals surface area contributed by atoms with E-state index in [1.165, 1.54) is 0 Å². The Kier molecular flexibility index (Phi) is 2.39. The van der Waals surface area contributed by atoms with E-state index >= 15 is 0 Å². The van der Waals surface area contributed by atoms with Crippen molar-refractivity contribution in [1.29, 1.82) is 0 Å². The zero-order chi connectivity index (χ0) is 9.97. The first kappa shape index (κ1) is 9.06. The van der Waals surface area contributed by atoms with Crippen LogP contribution < -0.4 is 5.32 Å². The molecule has 0 spiro atoms. The van der Waals surface area contributed by atoms with Crippen LogP contribution in [0.4, 0.5) is 0 Å². The lowest BCUT2D eigenvalue weighted by Gasteiger charge is -2.33. The summed E-state index contributed by atoms with van der Waals surface area (Å²) in [6, 6.07) is 0. The lowest BCUT2D eigenvalue weighted by Crippen LogP contribution is -2.34. The molecular weight excluding hydrogens is 178 g/mol. The van der Waals surface area contributed by atoms with Crippen LogP contribution in [0.15, 0.2) is 36.2 Å². The van der Waals surface area contributed by atoms with Crippen molar-refractivity contribution >= 4 is 5.97 Å². The molecule has 1 saturated carbocycles. The molecule has 1 aliphatic heterocycles. The molecule has 0 radical (unpaired) electrons. The Morgan fingerprint density at radius 2 is 2.14 bits per heavy atom. The molecule has 0 unspecified atom stereocenters. The fourth-order valence-electron chi connectivity index (χ4n) is 1.80. The number of carboxylic acids is 1. The molecule has 1 fully saturated rings. The van der Waals surface area contributed by atoms with Gasteiger partial charge in [0.25, 0.3) is 0 Å². The average Bonchev–Trinajstić information content (AvgIpc) is 2.29. The molecule has 1 aliphatic carbocycles. The van der Waals surface area contributed by atoms with Gasteiger partial charge in [0, 0.05) is 17.8 Å². The van der Waals surface area contributed by atoms with E-state index in [0.29, 0.717) is 5.92 Å². The van der Waals surface area contributed by atoms with Gasteiger partial charge in [0.2, 0.25) is 0 Å². The summed E-state index contributed by atoms with van der Waals surface area (Å²) in [5.74, 6) is -0.413. The Labute approximate surface area is 82.8 Å². The van der Waals surface area contributed by atoms with E-state index < -0.39 is 5.97 Å². The highest BCUT2D eigenvalue weighted by Crippen LogP contribution is 2.38. The predicted molar refractivity (Wildman–Crippen MR) is 53.3 cm³/mol. The lowest BCUT2D eigenvalue weighted by atomic mass is 9.73. The van der Waals surface area contributed by atoms with Crippen LogP contribution in [0.2, 0.25) is 0 Å². The molecule has 2 aliphatic rings. The number of carboxylic acid groups (broad SMARTS) is 1. The van der Waals surface area contributed by atoms with Gasteiger partial charge in [-0.2, -0.15) is 0 Å². The molecule has 74 valence electrons. The molecule has 0 amide bonds. The molecular formula is C11H13NO2. The summed E-state index contributed by atoms with van der Waals surface area (Å²) in [7, 11) is 0. The van der Waals surface area contributed by atoms with E-state index in [-0.39, 0.29) is 5.92 Å². The van der Waals surface area contributed by atoms with Gasteiger partial charge in [0.15, 0.2) is 0 Å². The standard InChI is InChI=1S/C11H13NO2/c13-11(14)9-6-8(7-9)10-4-2-1-3-5-12-10/h1-5,8-9,12H,6-7H2,(H,13,14). The monoisotopic (exact) mass is 191 g/mol. The molecule has 0 saturated heterocycles. The van der Waals surface area contributed by atoms with Gasteiger partial charge in [-0.1, -0.05) is 12.2 Å². The van der Waals surface area contributed by atoms with Crippen LogP contribution in [0, 0.1) is 11.8 Å². The number of hydrogen-bond acceptors (Lipinski definition) is 2. The highest BCUT2D eigenvalue weighted by molar-refractivity contribution is 5.71. The maximum absolute atomic E-state index is 10.6. The molecule has 0 aromatic rings. The number of nitrogens with one attached hydrogen (secondary N) is 1. The van der Waals surface area contributed by atoms with Crippen molar-refractivity contribution in [2.75, 3.05) is 0 Å². The van der Waals surface area contributed by atoms with Crippen molar-refractivity contribution in [3.8, 4) is 0 Å².